The van der Waals surface area contributed by atoms with Crippen LogP contribution in [-0.2, 0) is 9.53 Å². The van der Waals surface area contributed by atoms with Gasteiger partial charge in [-0.15, -0.1) is 0 Å². The lowest BCUT2D eigenvalue weighted by Gasteiger charge is -2.28. The van der Waals surface area contributed by atoms with Crippen molar-refractivity contribution in [1.29, 1.82) is 0 Å². The molecule has 1 aliphatic heterocycles. The smallest absolute Gasteiger partial charge is 0.410 e. The molecule has 6 nitrogen and oxygen atoms in total. The second-order valence-corrected chi connectivity index (χ2v) is 9.72. The molecule has 2 aliphatic rings. The van der Waals surface area contributed by atoms with Crippen LogP contribution in [0.1, 0.15) is 40.2 Å². The van der Waals surface area contributed by atoms with E-state index >= 15 is 0 Å². The molecular weight excluding hydrogens is 356 g/mol. The van der Waals surface area contributed by atoms with Crippen LogP contribution in [0.2, 0.25) is 0 Å². The Kier molecular flexibility index (Phi) is 5.34. The number of hydrogen-bond donors (Lipinski definition) is 1. The molecule has 1 saturated heterocycles. The first-order valence-corrected chi connectivity index (χ1v) is 9.95. The number of piperidine rings is 1. The number of carbonyl (C=O) groups excluding carboxylic acids is 2. The zero-order chi connectivity index (χ0) is 20.7. The minimum Gasteiger partial charge on any atom is -0.491 e. The molecule has 2 amide bonds. The van der Waals surface area contributed by atoms with Crippen LogP contribution in [0.4, 0.5) is 4.79 Å². The van der Waals surface area contributed by atoms with Crippen molar-refractivity contribution in [2.75, 3.05) is 19.7 Å². The van der Waals surface area contributed by atoms with Crippen molar-refractivity contribution in [1.82, 2.24) is 10.2 Å². The third-order valence-electron chi connectivity index (χ3n) is 5.20. The molecule has 0 spiro atoms. The largest absolute Gasteiger partial charge is 0.491 e. The lowest BCUT2D eigenvalue weighted by molar-refractivity contribution is -0.125. The summed E-state index contributed by atoms with van der Waals surface area (Å²) in [5.41, 5.74) is 0.171. The fourth-order valence-electron chi connectivity index (χ4n) is 3.81. The van der Waals surface area contributed by atoms with Crippen LogP contribution in [0, 0.1) is 24.7 Å². The van der Waals surface area contributed by atoms with Crippen molar-refractivity contribution in [2.24, 2.45) is 17.8 Å². The molecule has 6 heteroatoms. The molecular formula is C22H32N2O4. The predicted octanol–water partition coefficient (Wildman–Crippen LogP) is 3.38. The molecule has 28 heavy (non-hydrogen) atoms. The summed E-state index contributed by atoms with van der Waals surface area (Å²) in [6.45, 7) is 13.1. The quantitative estimate of drug-likeness (QED) is 0.840. The summed E-state index contributed by atoms with van der Waals surface area (Å²) in [5.74, 6) is 1.31. The number of ether oxygens (including phenoxy) is 2. The highest BCUT2D eigenvalue weighted by molar-refractivity contribution is 5.84. The average Bonchev–Trinajstić information content (AvgIpc) is 3.06. The van der Waals surface area contributed by atoms with E-state index in [4.69, 9.17) is 9.47 Å². The monoisotopic (exact) mass is 388 g/mol. The maximum absolute atomic E-state index is 12.7. The van der Waals surface area contributed by atoms with Gasteiger partial charge in [0.25, 0.3) is 0 Å². The number of fused-ring (bicyclic) bond motifs is 1. The number of amides is 2. The SMILES string of the molecule is Cc1cccc(OCC(C)(C)NC(=O)C2[C@H]3CN(C(=O)OC(C)(C)C)C[C@@H]23)c1. The van der Waals surface area contributed by atoms with E-state index in [9.17, 15) is 9.59 Å². The maximum atomic E-state index is 12.7. The number of likely N-dealkylation sites (tertiary alicyclic amines) is 1. The van der Waals surface area contributed by atoms with Crippen molar-refractivity contribution in [3.63, 3.8) is 0 Å². The van der Waals surface area contributed by atoms with E-state index in [0.29, 0.717) is 19.7 Å². The highest BCUT2D eigenvalue weighted by Gasteiger charge is 2.61. The standard InChI is InChI=1S/C22H32N2O4/c1-14-8-7-9-15(10-14)27-13-22(5,6)23-19(25)18-16-11-24(12-17(16)18)20(26)28-21(2,3)4/h7-10,16-18H,11-13H2,1-6H3,(H,23,25)/t16-,17+,18?. The molecule has 2 fully saturated rings. The van der Waals surface area contributed by atoms with Gasteiger partial charge in [0, 0.05) is 19.0 Å². The Bertz CT molecular complexity index is 741. The molecule has 1 N–H and O–H groups in total. The van der Waals surface area contributed by atoms with E-state index in [1.165, 1.54) is 0 Å². The van der Waals surface area contributed by atoms with Gasteiger partial charge in [0.15, 0.2) is 0 Å². The first-order chi connectivity index (χ1) is 13.0. The van der Waals surface area contributed by atoms with Gasteiger partial charge in [-0.3, -0.25) is 4.79 Å². The highest BCUT2D eigenvalue weighted by atomic mass is 16.6. The molecule has 3 atom stereocenters. The fourth-order valence-corrected chi connectivity index (χ4v) is 3.81. The number of rotatable bonds is 5. The van der Waals surface area contributed by atoms with Gasteiger partial charge in [-0.05, 0) is 71.1 Å². The molecule has 0 bridgehead atoms. The number of benzene rings is 1. The van der Waals surface area contributed by atoms with Crippen LogP contribution < -0.4 is 10.1 Å². The van der Waals surface area contributed by atoms with Crippen LogP contribution >= 0.6 is 0 Å². The Morgan fingerprint density at radius 3 is 2.36 bits per heavy atom. The van der Waals surface area contributed by atoms with Crippen molar-refractivity contribution in [3.8, 4) is 5.75 Å². The lowest BCUT2D eigenvalue weighted by atomic mass is 10.1. The minimum absolute atomic E-state index is 0.0167. The molecule has 0 radical (unpaired) electrons. The van der Waals surface area contributed by atoms with E-state index in [1.54, 1.807) is 4.90 Å². The number of carbonyl (C=O) groups is 2. The first kappa shape index (κ1) is 20.5. The molecule has 0 aromatic heterocycles. The summed E-state index contributed by atoms with van der Waals surface area (Å²) in [4.78, 5) is 26.6. The Morgan fingerprint density at radius 2 is 1.79 bits per heavy atom. The number of hydrogen-bond acceptors (Lipinski definition) is 4. The Labute approximate surface area is 167 Å². The third kappa shape index (κ3) is 4.97. The minimum atomic E-state index is -0.498. The maximum Gasteiger partial charge on any atom is 0.410 e. The summed E-state index contributed by atoms with van der Waals surface area (Å²) in [6.07, 6.45) is -0.286. The highest BCUT2D eigenvalue weighted by Crippen LogP contribution is 2.52. The topological polar surface area (TPSA) is 67.9 Å². The van der Waals surface area contributed by atoms with Gasteiger partial charge in [-0.1, -0.05) is 12.1 Å². The molecule has 1 aliphatic carbocycles. The van der Waals surface area contributed by atoms with Crippen LogP contribution in [-0.4, -0.2) is 47.7 Å². The Morgan fingerprint density at radius 1 is 1.14 bits per heavy atom. The normalized spacial score (nSPS) is 23.8. The summed E-state index contributed by atoms with van der Waals surface area (Å²) in [6, 6.07) is 7.88. The van der Waals surface area contributed by atoms with E-state index in [1.807, 2.05) is 65.8 Å². The van der Waals surface area contributed by atoms with Crippen molar-refractivity contribution >= 4 is 12.0 Å². The number of nitrogens with one attached hydrogen (secondary N) is 1. The van der Waals surface area contributed by atoms with E-state index < -0.39 is 11.1 Å². The van der Waals surface area contributed by atoms with E-state index in [2.05, 4.69) is 5.32 Å². The summed E-state index contributed by atoms with van der Waals surface area (Å²) in [7, 11) is 0. The van der Waals surface area contributed by atoms with Gasteiger partial charge in [0.05, 0.1) is 5.54 Å². The van der Waals surface area contributed by atoms with Crippen LogP contribution in [0.15, 0.2) is 24.3 Å². The van der Waals surface area contributed by atoms with Gasteiger partial charge < -0.3 is 19.7 Å². The summed E-state index contributed by atoms with van der Waals surface area (Å²) >= 11 is 0. The fraction of sp³-hybridized carbons (Fsp3) is 0.636. The van der Waals surface area contributed by atoms with Crippen molar-refractivity contribution in [3.05, 3.63) is 29.8 Å². The van der Waals surface area contributed by atoms with Gasteiger partial charge in [-0.2, -0.15) is 0 Å². The second kappa shape index (κ2) is 7.30. The van der Waals surface area contributed by atoms with Gasteiger partial charge in [0.1, 0.15) is 18.0 Å². The zero-order valence-electron chi connectivity index (χ0n) is 17.7. The zero-order valence-corrected chi connectivity index (χ0v) is 17.7. The molecule has 3 rings (SSSR count). The number of nitrogens with zero attached hydrogens (tertiary/aromatic N) is 1. The van der Waals surface area contributed by atoms with E-state index in [-0.39, 0.29) is 29.8 Å². The van der Waals surface area contributed by atoms with Crippen molar-refractivity contribution < 1.29 is 19.1 Å². The molecule has 1 aromatic rings. The van der Waals surface area contributed by atoms with Gasteiger partial charge in [-0.25, -0.2) is 4.79 Å². The third-order valence-corrected chi connectivity index (χ3v) is 5.20. The summed E-state index contributed by atoms with van der Waals surface area (Å²) in [5, 5.41) is 3.12. The van der Waals surface area contributed by atoms with E-state index in [0.717, 1.165) is 11.3 Å². The molecule has 1 heterocycles. The molecule has 154 valence electrons. The van der Waals surface area contributed by atoms with Crippen LogP contribution in [0.25, 0.3) is 0 Å². The Balaban J connectivity index is 1.46. The lowest BCUT2D eigenvalue weighted by Crippen LogP contribution is -2.49. The first-order valence-electron chi connectivity index (χ1n) is 9.95. The number of aryl methyl sites for hydroxylation is 1. The van der Waals surface area contributed by atoms with Crippen LogP contribution in [0.5, 0.6) is 5.75 Å². The van der Waals surface area contributed by atoms with Gasteiger partial charge in [0.2, 0.25) is 5.91 Å². The average molecular weight is 389 g/mol. The predicted molar refractivity (Wildman–Crippen MR) is 107 cm³/mol. The van der Waals surface area contributed by atoms with Gasteiger partial charge >= 0.3 is 6.09 Å². The molecule has 1 unspecified atom stereocenters. The second-order valence-electron chi connectivity index (χ2n) is 9.72. The van der Waals surface area contributed by atoms with Crippen LogP contribution in [0.3, 0.4) is 0 Å². The molecule has 1 saturated carbocycles. The summed E-state index contributed by atoms with van der Waals surface area (Å²) < 4.78 is 11.3. The molecule has 1 aromatic carbocycles. The van der Waals surface area contributed by atoms with Crippen molar-refractivity contribution in [2.45, 2.75) is 52.7 Å². The Hall–Kier alpha value is -2.24.